The van der Waals surface area contributed by atoms with Gasteiger partial charge in [0.2, 0.25) is 0 Å². The van der Waals surface area contributed by atoms with Crippen LogP contribution in [-0.2, 0) is 17.8 Å². The number of carbonyl (C=O) groups is 1. The van der Waals surface area contributed by atoms with Crippen molar-refractivity contribution in [2.75, 3.05) is 31.7 Å². The Bertz CT molecular complexity index is 1540. The highest BCUT2D eigenvalue weighted by Gasteiger charge is 2.37. The van der Waals surface area contributed by atoms with Gasteiger partial charge in [0.15, 0.2) is 0 Å². The third kappa shape index (κ3) is 5.64. The van der Waals surface area contributed by atoms with E-state index in [0.717, 1.165) is 64.4 Å². The molecule has 9 nitrogen and oxygen atoms in total. The van der Waals surface area contributed by atoms with Gasteiger partial charge in [0.05, 0.1) is 31.1 Å². The number of nitrogens with zero attached hydrogens (tertiary/aromatic N) is 5. The summed E-state index contributed by atoms with van der Waals surface area (Å²) in [6.07, 6.45) is 7.08. The molecule has 2 N–H and O–H groups in total. The molecule has 2 aromatic carbocycles. The largest absolute Gasteiger partial charge is 0.383 e. The smallest absolute Gasteiger partial charge is 0.252 e. The number of aromatic nitrogens is 4. The van der Waals surface area contributed by atoms with Crippen molar-refractivity contribution in [3.8, 4) is 22.4 Å². The van der Waals surface area contributed by atoms with Gasteiger partial charge in [-0.3, -0.25) is 14.2 Å². The van der Waals surface area contributed by atoms with Crippen LogP contribution < -0.4 is 15.5 Å². The van der Waals surface area contributed by atoms with E-state index in [1.165, 1.54) is 6.42 Å². The maximum absolute atomic E-state index is 13.6. The van der Waals surface area contributed by atoms with Crippen LogP contribution in [0.3, 0.4) is 0 Å². The summed E-state index contributed by atoms with van der Waals surface area (Å²) in [5, 5.41) is 16.1. The van der Waals surface area contributed by atoms with Crippen LogP contribution >= 0.6 is 0 Å². The summed E-state index contributed by atoms with van der Waals surface area (Å²) in [5.74, 6) is -0.0612. The number of fused-ring (bicyclic) bond motifs is 2. The highest BCUT2D eigenvalue weighted by molar-refractivity contribution is 5.97. The summed E-state index contributed by atoms with van der Waals surface area (Å²) >= 11 is 0. The molecule has 2 aliphatic rings. The molecule has 0 radical (unpaired) electrons. The van der Waals surface area contributed by atoms with E-state index < -0.39 is 0 Å². The van der Waals surface area contributed by atoms with E-state index in [1.54, 1.807) is 7.11 Å². The summed E-state index contributed by atoms with van der Waals surface area (Å²) in [7, 11) is 1.69. The highest BCUT2D eigenvalue weighted by Crippen LogP contribution is 2.32. The van der Waals surface area contributed by atoms with Crippen molar-refractivity contribution >= 4 is 11.6 Å². The fourth-order valence-corrected chi connectivity index (χ4v) is 6.00. The number of anilines is 1. The van der Waals surface area contributed by atoms with Gasteiger partial charge in [0, 0.05) is 73.6 Å². The second-order valence-electron chi connectivity index (χ2n) is 11.2. The average molecular weight is 554 g/mol. The van der Waals surface area contributed by atoms with Crippen molar-refractivity contribution in [3.05, 3.63) is 77.7 Å². The normalized spacial score (nSPS) is 18.7. The van der Waals surface area contributed by atoms with E-state index in [0.29, 0.717) is 25.2 Å². The first kappa shape index (κ1) is 27.2. The first-order valence-corrected chi connectivity index (χ1v) is 14.5. The lowest BCUT2D eigenvalue weighted by Gasteiger charge is -2.30. The Morgan fingerprint density at radius 3 is 2.73 bits per heavy atom. The molecular weight excluding hydrogens is 514 g/mol. The Hall–Kier alpha value is -3.95. The van der Waals surface area contributed by atoms with Crippen LogP contribution in [0.15, 0.2) is 61.1 Å². The molecule has 2 aliphatic heterocycles. The summed E-state index contributed by atoms with van der Waals surface area (Å²) in [5.41, 5.74) is 7.79. The Morgan fingerprint density at radius 2 is 2.00 bits per heavy atom. The van der Waals surface area contributed by atoms with Gasteiger partial charge >= 0.3 is 0 Å². The number of hydrogen-bond acceptors (Lipinski definition) is 6. The molecule has 2 saturated heterocycles. The molecule has 9 heteroatoms. The van der Waals surface area contributed by atoms with E-state index in [1.807, 2.05) is 47.9 Å². The zero-order valence-electron chi connectivity index (χ0n) is 24.3. The molecule has 0 saturated carbocycles. The Morgan fingerprint density at radius 1 is 1.15 bits per heavy atom. The molecule has 4 heterocycles. The lowest BCUT2D eigenvalue weighted by Crippen LogP contribution is -2.43. The number of carbonyl (C=O) groups excluding carboxylic acids is 1. The number of rotatable bonds is 10. The number of nitrogens with one attached hydrogen (secondary N) is 2. The number of piperazine rings is 1. The minimum atomic E-state index is -0.215. The van der Waals surface area contributed by atoms with Crippen molar-refractivity contribution in [2.24, 2.45) is 0 Å². The first-order chi connectivity index (χ1) is 19.9. The summed E-state index contributed by atoms with van der Waals surface area (Å²) in [6.45, 7) is 10.2. The van der Waals surface area contributed by atoms with Crippen molar-refractivity contribution in [1.82, 2.24) is 30.2 Å². The number of ether oxygens (including phenoxy) is 1. The third-order valence-electron chi connectivity index (χ3n) is 8.41. The minimum Gasteiger partial charge on any atom is -0.383 e. The topological polar surface area (TPSA) is 89.2 Å². The van der Waals surface area contributed by atoms with E-state index >= 15 is 0 Å². The highest BCUT2D eigenvalue weighted by atomic mass is 16.5. The van der Waals surface area contributed by atoms with Crippen LogP contribution in [0.4, 0.5) is 5.69 Å². The summed E-state index contributed by atoms with van der Waals surface area (Å²) < 4.78 is 9.03. The lowest BCUT2D eigenvalue weighted by atomic mass is 9.96. The number of aryl methyl sites for hydroxylation is 2. The lowest BCUT2D eigenvalue weighted by molar-refractivity contribution is 0.0939. The number of benzene rings is 2. The molecule has 1 amide bonds. The van der Waals surface area contributed by atoms with Gasteiger partial charge in [-0.2, -0.15) is 10.2 Å². The number of hydrogen-bond donors (Lipinski definition) is 2. The van der Waals surface area contributed by atoms with Crippen LogP contribution in [0.1, 0.15) is 47.8 Å². The van der Waals surface area contributed by atoms with E-state index in [9.17, 15) is 4.79 Å². The molecule has 41 heavy (non-hydrogen) atoms. The summed E-state index contributed by atoms with van der Waals surface area (Å²) in [6, 6.07) is 15.6. The first-order valence-electron chi connectivity index (χ1n) is 14.5. The van der Waals surface area contributed by atoms with Crippen LogP contribution in [-0.4, -0.2) is 64.4 Å². The maximum Gasteiger partial charge on any atom is 0.252 e. The van der Waals surface area contributed by atoms with E-state index in [-0.39, 0.29) is 11.9 Å². The summed E-state index contributed by atoms with van der Waals surface area (Å²) in [4.78, 5) is 16.1. The van der Waals surface area contributed by atoms with Gasteiger partial charge in [-0.1, -0.05) is 6.07 Å². The standard InChI is InChI=1S/C32H39N7O2/c1-5-37-9-8-31(36-37)25-13-23(12-24(14-25)26-17-34-38(19-26)10-11-41-4)22(3)35-32(40)30-16-28(7-6-21(30)2)39-20-27-15-29(39)18-33-27/h6-9,12-14,16-17,19,22,27,29,33H,5,10-11,15,18,20H2,1-4H3,(H,35,40)/t22-,27-,29-/m1/s1. The predicted octanol–water partition coefficient (Wildman–Crippen LogP) is 4.43. The zero-order valence-corrected chi connectivity index (χ0v) is 24.3. The van der Waals surface area contributed by atoms with Gasteiger partial charge in [0.1, 0.15) is 0 Å². The number of methoxy groups -OCH3 is 1. The Balaban J connectivity index is 1.28. The SMILES string of the molecule is CCn1ccc(-c2cc(-c3cnn(CCOC)c3)cc([C@@H](C)NC(=O)c3cc(N4C[C@H]5C[C@@H]4CN5)ccc3C)c2)n1. The van der Waals surface area contributed by atoms with Crippen LogP contribution in [0, 0.1) is 6.92 Å². The van der Waals surface area contributed by atoms with Gasteiger partial charge in [-0.25, -0.2) is 0 Å². The molecule has 2 fully saturated rings. The number of amides is 1. The third-order valence-corrected chi connectivity index (χ3v) is 8.41. The molecule has 0 unspecified atom stereocenters. The fraction of sp³-hybridized carbons (Fsp3) is 0.406. The van der Waals surface area contributed by atoms with Gasteiger partial charge in [-0.05, 0) is 80.3 Å². The van der Waals surface area contributed by atoms with Crippen molar-refractivity contribution in [3.63, 3.8) is 0 Å². The van der Waals surface area contributed by atoms with E-state index in [2.05, 4.69) is 64.0 Å². The molecule has 2 bridgehead atoms. The monoisotopic (exact) mass is 553 g/mol. The molecule has 4 aromatic rings. The van der Waals surface area contributed by atoms with Crippen molar-refractivity contribution < 1.29 is 9.53 Å². The van der Waals surface area contributed by atoms with Crippen LogP contribution in [0.25, 0.3) is 22.4 Å². The van der Waals surface area contributed by atoms with E-state index in [4.69, 9.17) is 9.84 Å². The second kappa shape index (κ2) is 11.5. The predicted molar refractivity (Wildman–Crippen MR) is 161 cm³/mol. The van der Waals surface area contributed by atoms with Gasteiger partial charge < -0.3 is 20.3 Å². The molecule has 2 aromatic heterocycles. The minimum absolute atomic E-state index is 0.0612. The van der Waals surface area contributed by atoms with Gasteiger partial charge in [-0.15, -0.1) is 0 Å². The Kier molecular flexibility index (Phi) is 7.64. The van der Waals surface area contributed by atoms with Crippen LogP contribution in [0.2, 0.25) is 0 Å². The molecule has 6 rings (SSSR count). The Labute approximate surface area is 241 Å². The zero-order chi connectivity index (χ0) is 28.5. The van der Waals surface area contributed by atoms with Crippen molar-refractivity contribution in [2.45, 2.75) is 58.4 Å². The molecule has 0 spiro atoms. The quantitative estimate of drug-likeness (QED) is 0.302. The second-order valence-corrected chi connectivity index (χ2v) is 11.2. The average Bonchev–Trinajstić information content (AvgIpc) is 3.81. The fourth-order valence-electron chi connectivity index (χ4n) is 6.00. The van der Waals surface area contributed by atoms with Crippen LogP contribution in [0.5, 0.6) is 0 Å². The van der Waals surface area contributed by atoms with Gasteiger partial charge in [0.25, 0.3) is 5.91 Å². The molecule has 214 valence electrons. The van der Waals surface area contributed by atoms with Crippen molar-refractivity contribution in [1.29, 1.82) is 0 Å². The maximum atomic E-state index is 13.6. The molecule has 0 aliphatic carbocycles. The molecular formula is C32H39N7O2. The molecule has 3 atom stereocenters.